The number of benzene rings is 1. The lowest BCUT2D eigenvalue weighted by molar-refractivity contribution is -0.115. The van der Waals surface area contributed by atoms with Crippen molar-refractivity contribution in [2.24, 2.45) is 0 Å². The number of hydrogen-bond acceptors (Lipinski definition) is 5. The molecule has 0 spiro atoms. The van der Waals surface area contributed by atoms with Crippen LogP contribution in [0.3, 0.4) is 0 Å². The molecule has 0 fully saturated rings. The van der Waals surface area contributed by atoms with E-state index in [1.165, 1.54) is 13.2 Å². The normalized spacial score (nSPS) is 12.1. The monoisotopic (exact) mass is 562 g/mol. The lowest BCUT2D eigenvalue weighted by Gasteiger charge is -2.14. The average Bonchev–Trinajstić information content (AvgIpc) is 3.27. The number of carbonyl (C=O) groups is 1. The van der Waals surface area contributed by atoms with Gasteiger partial charge in [0.2, 0.25) is 0 Å². The van der Waals surface area contributed by atoms with Crippen LogP contribution in [0.25, 0.3) is 22.3 Å². The van der Waals surface area contributed by atoms with Crippen LogP contribution >= 0.6 is 15.9 Å². The number of rotatable bonds is 8. The number of carbonyl (C=O) groups excluding carboxylic acids is 1. The number of alkyl halides is 1. The predicted molar refractivity (Wildman–Crippen MR) is 146 cm³/mol. The fourth-order valence-electron chi connectivity index (χ4n) is 4.41. The molecular weight excluding hydrogens is 527 g/mol. The van der Waals surface area contributed by atoms with Gasteiger partial charge in [0.05, 0.1) is 30.1 Å². The highest BCUT2D eigenvalue weighted by atomic mass is 79.9. The topological polar surface area (TPSA) is 81.4 Å². The van der Waals surface area contributed by atoms with Crippen LogP contribution in [0.5, 0.6) is 0 Å². The number of nitrogens with zero attached hydrogens (tertiary/aromatic N) is 2. The molecule has 8 heteroatoms. The maximum Gasteiger partial charge on any atom is 0.257 e. The predicted octanol–water partition coefficient (Wildman–Crippen LogP) is 6.02. The number of aliphatic hydroxyl groups is 1. The molecule has 0 saturated carbocycles. The zero-order valence-electron chi connectivity index (χ0n) is 22.0. The van der Waals surface area contributed by atoms with Crippen LogP contribution in [0.1, 0.15) is 74.5 Å². The number of pyridine rings is 2. The van der Waals surface area contributed by atoms with E-state index in [-0.39, 0.29) is 29.1 Å². The summed E-state index contributed by atoms with van der Waals surface area (Å²) in [6, 6.07) is 4.89. The molecule has 1 N–H and O–H groups in total. The number of aryl methyl sites for hydroxylation is 2. The van der Waals surface area contributed by atoms with Crippen LogP contribution in [-0.2, 0) is 29.1 Å². The number of unbranched alkanes of at least 4 members (excludes halogenated alkanes) is 1. The van der Waals surface area contributed by atoms with Gasteiger partial charge in [-0.2, -0.15) is 0 Å². The molecule has 36 heavy (non-hydrogen) atoms. The number of aliphatic hydroxyl groups excluding tert-OH is 1. The Hall–Kier alpha value is -2.42. The van der Waals surface area contributed by atoms with E-state index in [9.17, 15) is 19.1 Å². The van der Waals surface area contributed by atoms with E-state index < -0.39 is 6.10 Å². The van der Waals surface area contributed by atoms with Crippen LogP contribution in [-0.4, -0.2) is 33.4 Å². The summed E-state index contributed by atoms with van der Waals surface area (Å²) in [7, 11) is 1.45. The number of halogens is 2. The van der Waals surface area contributed by atoms with Gasteiger partial charge in [0.1, 0.15) is 11.9 Å². The second-order valence-electron chi connectivity index (χ2n) is 8.05. The van der Waals surface area contributed by atoms with Crippen LogP contribution < -0.4 is 5.56 Å². The van der Waals surface area contributed by atoms with E-state index in [1.807, 2.05) is 33.8 Å². The molecule has 3 aromatic rings. The van der Waals surface area contributed by atoms with Gasteiger partial charge in [-0.25, -0.2) is 9.37 Å². The summed E-state index contributed by atoms with van der Waals surface area (Å²) in [5.41, 5.74) is 4.31. The van der Waals surface area contributed by atoms with Crippen molar-refractivity contribution in [1.82, 2.24) is 9.55 Å². The second kappa shape index (κ2) is 13.8. The lowest BCUT2D eigenvalue weighted by atomic mass is 9.95. The third kappa shape index (κ3) is 5.76. The summed E-state index contributed by atoms with van der Waals surface area (Å²) in [4.78, 5) is 29.3. The van der Waals surface area contributed by atoms with Crippen molar-refractivity contribution in [3.05, 3.63) is 62.2 Å². The van der Waals surface area contributed by atoms with Gasteiger partial charge in [-0.15, -0.1) is 0 Å². The van der Waals surface area contributed by atoms with Gasteiger partial charge in [0.15, 0.2) is 6.29 Å². The van der Waals surface area contributed by atoms with E-state index in [0.29, 0.717) is 35.3 Å². The van der Waals surface area contributed by atoms with Crippen molar-refractivity contribution in [2.75, 3.05) is 12.4 Å². The zero-order valence-corrected chi connectivity index (χ0v) is 23.5. The SMILES string of the molecule is CC.CC.COCc1c(C(O)C=O)cc2n(c1=O)Cc1c-2nc2cc(F)c(C)cc2c1CCCCBr. The highest BCUT2D eigenvalue weighted by Crippen LogP contribution is 2.38. The van der Waals surface area contributed by atoms with Crippen LogP contribution in [0.4, 0.5) is 4.39 Å². The molecule has 6 nitrogen and oxygen atoms in total. The number of aldehydes is 1. The Morgan fingerprint density at radius 1 is 1.19 bits per heavy atom. The molecule has 0 aliphatic carbocycles. The largest absolute Gasteiger partial charge is 0.381 e. The molecule has 0 amide bonds. The molecule has 2 aromatic heterocycles. The van der Waals surface area contributed by atoms with Gasteiger partial charge in [-0.05, 0) is 49.4 Å². The third-order valence-electron chi connectivity index (χ3n) is 6.02. The van der Waals surface area contributed by atoms with Crippen molar-refractivity contribution in [3.63, 3.8) is 0 Å². The van der Waals surface area contributed by atoms with Crippen molar-refractivity contribution in [3.8, 4) is 11.4 Å². The molecule has 1 aliphatic rings. The molecule has 196 valence electrons. The van der Waals surface area contributed by atoms with Gasteiger partial charge in [0, 0.05) is 40.6 Å². The van der Waals surface area contributed by atoms with Crippen molar-refractivity contribution >= 4 is 33.1 Å². The Bertz CT molecular complexity index is 1270. The number of ether oxygens (including phenoxy) is 1. The van der Waals surface area contributed by atoms with Gasteiger partial charge < -0.3 is 19.2 Å². The lowest BCUT2D eigenvalue weighted by Crippen LogP contribution is -2.26. The summed E-state index contributed by atoms with van der Waals surface area (Å²) in [6.45, 7) is 10.0. The quantitative estimate of drug-likeness (QED) is 0.161. The summed E-state index contributed by atoms with van der Waals surface area (Å²) in [5.74, 6) is -0.334. The molecule has 4 rings (SSSR count). The van der Waals surface area contributed by atoms with E-state index in [4.69, 9.17) is 9.72 Å². The Morgan fingerprint density at radius 3 is 2.50 bits per heavy atom. The first-order chi connectivity index (χ1) is 17.4. The van der Waals surface area contributed by atoms with E-state index in [1.54, 1.807) is 17.6 Å². The Labute approximate surface area is 220 Å². The highest BCUT2D eigenvalue weighted by molar-refractivity contribution is 9.09. The first kappa shape index (κ1) is 29.8. The van der Waals surface area contributed by atoms with E-state index in [2.05, 4.69) is 15.9 Å². The molecule has 0 bridgehead atoms. The van der Waals surface area contributed by atoms with E-state index >= 15 is 0 Å². The molecule has 1 aliphatic heterocycles. The summed E-state index contributed by atoms with van der Waals surface area (Å²) in [6.07, 6.45) is 1.64. The minimum absolute atomic E-state index is 0.0202. The number of fused-ring (bicyclic) bond motifs is 4. The summed E-state index contributed by atoms with van der Waals surface area (Å²) in [5, 5.41) is 12.0. The maximum atomic E-state index is 14.4. The fourth-order valence-corrected chi connectivity index (χ4v) is 4.81. The fraction of sp³-hybridized carbons (Fsp3) is 0.464. The first-order valence-corrected chi connectivity index (χ1v) is 13.6. The minimum Gasteiger partial charge on any atom is -0.381 e. The average molecular weight is 564 g/mol. The number of methoxy groups -OCH3 is 1. The maximum absolute atomic E-state index is 14.4. The molecule has 1 aromatic carbocycles. The molecular formula is C28H36BrFN2O4. The van der Waals surface area contributed by atoms with Crippen molar-refractivity contribution in [1.29, 1.82) is 0 Å². The summed E-state index contributed by atoms with van der Waals surface area (Å²) >= 11 is 3.47. The smallest absolute Gasteiger partial charge is 0.257 e. The second-order valence-corrected chi connectivity index (χ2v) is 8.84. The van der Waals surface area contributed by atoms with Crippen molar-refractivity contribution in [2.45, 2.75) is 73.1 Å². The van der Waals surface area contributed by atoms with Gasteiger partial charge in [-0.1, -0.05) is 43.6 Å². The van der Waals surface area contributed by atoms with Gasteiger partial charge >= 0.3 is 0 Å². The number of aromatic nitrogens is 2. The standard InChI is InChI=1S/C24H24BrFN2O4.2C2H6/c1-13-7-15-14(5-3-4-6-25)17-10-28-21(23(17)27-20(15)9-19(13)26)8-16(22(30)11-29)18(12-32-2)24(28)31;2*1-2/h7-9,11,22,30H,3-6,10,12H2,1-2H3;2*1-2H3. The molecule has 0 saturated heterocycles. The minimum atomic E-state index is -1.44. The van der Waals surface area contributed by atoms with Crippen LogP contribution in [0.2, 0.25) is 0 Å². The summed E-state index contributed by atoms with van der Waals surface area (Å²) < 4.78 is 21.1. The Balaban J connectivity index is 0.00000109. The highest BCUT2D eigenvalue weighted by Gasteiger charge is 2.29. The Kier molecular flexibility index (Phi) is 11.4. The van der Waals surface area contributed by atoms with Gasteiger partial charge in [-0.3, -0.25) is 4.79 Å². The van der Waals surface area contributed by atoms with Crippen LogP contribution in [0, 0.1) is 12.7 Å². The molecule has 0 radical (unpaired) electrons. The van der Waals surface area contributed by atoms with Crippen LogP contribution in [0.15, 0.2) is 23.0 Å². The molecule has 1 atom stereocenters. The zero-order chi connectivity index (χ0) is 27.0. The first-order valence-electron chi connectivity index (χ1n) is 12.5. The molecule has 3 heterocycles. The molecule has 1 unspecified atom stereocenters. The Morgan fingerprint density at radius 2 is 1.89 bits per heavy atom. The van der Waals surface area contributed by atoms with E-state index in [0.717, 1.165) is 41.1 Å². The van der Waals surface area contributed by atoms with Crippen molar-refractivity contribution < 1.29 is 19.0 Å². The number of hydrogen-bond donors (Lipinski definition) is 1. The van der Waals surface area contributed by atoms with Gasteiger partial charge in [0.25, 0.3) is 5.56 Å². The third-order valence-corrected chi connectivity index (χ3v) is 6.59.